The average Bonchev–Trinajstić information content (AvgIpc) is 2.19. The Morgan fingerprint density at radius 1 is 1.29 bits per heavy atom. The summed E-state index contributed by atoms with van der Waals surface area (Å²) in [5, 5.41) is 31.3. The Morgan fingerprint density at radius 3 is 2.29 bits per heavy atom. The zero-order valence-corrected chi connectivity index (χ0v) is 9.28. The van der Waals surface area contributed by atoms with E-state index < -0.39 is 9.85 Å². The highest BCUT2D eigenvalue weighted by Gasteiger charge is 2.21. The summed E-state index contributed by atoms with van der Waals surface area (Å²) in [7, 11) is 1.35. The highest BCUT2D eigenvalue weighted by Crippen LogP contribution is 2.28. The van der Waals surface area contributed by atoms with Gasteiger partial charge in [-0.1, -0.05) is 0 Å². The summed E-state index contributed by atoms with van der Waals surface area (Å²) in [6.45, 7) is 1.47. The molecule has 0 saturated heterocycles. The smallest absolute Gasteiger partial charge is 0.279 e. The van der Waals surface area contributed by atoms with E-state index in [1.165, 1.54) is 20.0 Å². The Morgan fingerprint density at radius 2 is 1.88 bits per heavy atom. The van der Waals surface area contributed by atoms with E-state index in [1.54, 1.807) is 0 Å². The Balaban J connectivity index is 3.37. The van der Waals surface area contributed by atoms with Crippen LogP contribution >= 0.6 is 0 Å². The van der Waals surface area contributed by atoms with E-state index in [9.17, 15) is 20.2 Å². The first kappa shape index (κ1) is 13.0. The number of nitro benzene ring substituents is 2. The average molecular weight is 241 g/mol. The van der Waals surface area contributed by atoms with Crippen molar-refractivity contribution < 1.29 is 15.1 Å². The van der Waals surface area contributed by atoms with Crippen molar-refractivity contribution >= 4 is 11.4 Å². The van der Waals surface area contributed by atoms with Crippen molar-refractivity contribution in [3.8, 4) is 0 Å². The minimum absolute atomic E-state index is 0.0195. The summed E-state index contributed by atoms with van der Waals surface area (Å²) in [4.78, 5) is 20.0. The summed E-state index contributed by atoms with van der Waals surface area (Å²) in [6, 6.07) is 2.13. The van der Waals surface area contributed by atoms with Gasteiger partial charge in [-0.05, 0) is 12.5 Å². The predicted octanol–water partition coefficient (Wildman–Crippen LogP) is 1.63. The van der Waals surface area contributed by atoms with Crippen LogP contribution in [-0.2, 0) is 6.54 Å². The molecule has 0 heterocycles. The highest BCUT2D eigenvalue weighted by molar-refractivity contribution is 5.53. The van der Waals surface area contributed by atoms with Crippen molar-refractivity contribution in [1.29, 1.82) is 0 Å². The molecule has 8 heteroatoms. The van der Waals surface area contributed by atoms with Crippen molar-refractivity contribution in [3.63, 3.8) is 0 Å². The second-order valence-electron chi connectivity index (χ2n) is 3.58. The number of hydrogen-bond acceptors (Lipinski definition) is 6. The molecule has 1 aromatic rings. The highest BCUT2D eigenvalue weighted by atomic mass is 16.6. The SMILES string of the molecule is Cc1c(CN(C)O)cc([N+](=O)[O-])cc1[N+](=O)[O-]. The summed E-state index contributed by atoms with van der Waals surface area (Å²) in [5.74, 6) is 0. The molecule has 92 valence electrons. The number of nitrogens with zero attached hydrogens (tertiary/aromatic N) is 3. The first-order valence-corrected chi connectivity index (χ1v) is 4.65. The molecule has 0 bridgehead atoms. The van der Waals surface area contributed by atoms with Gasteiger partial charge >= 0.3 is 0 Å². The molecule has 0 aliphatic rings. The number of non-ortho nitro benzene ring substituents is 1. The van der Waals surface area contributed by atoms with Crippen LogP contribution in [0.5, 0.6) is 0 Å². The Bertz CT molecular complexity index is 472. The molecule has 17 heavy (non-hydrogen) atoms. The lowest BCUT2D eigenvalue weighted by Crippen LogP contribution is -2.13. The van der Waals surface area contributed by atoms with Gasteiger partial charge in [-0.2, -0.15) is 5.06 Å². The second-order valence-corrected chi connectivity index (χ2v) is 3.58. The van der Waals surface area contributed by atoms with E-state index in [2.05, 4.69) is 0 Å². The fourth-order valence-corrected chi connectivity index (χ4v) is 1.45. The second kappa shape index (κ2) is 4.85. The molecule has 1 aromatic carbocycles. The largest absolute Gasteiger partial charge is 0.314 e. The molecule has 1 rings (SSSR count). The van der Waals surface area contributed by atoms with Crippen LogP contribution in [0.3, 0.4) is 0 Å². The topological polar surface area (TPSA) is 110 Å². The molecule has 0 unspecified atom stereocenters. The maximum Gasteiger partial charge on any atom is 0.279 e. The van der Waals surface area contributed by atoms with Crippen molar-refractivity contribution in [2.75, 3.05) is 7.05 Å². The Kier molecular flexibility index (Phi) is 3.71. The van der Waals surface area contributed by atoms with Crippen molar-refractivity contribution in [2.24, 2.45) is 0 Å². The lowest BCUT2D eigenvalue weighted by molar-refractivity contribution is -0.394. The number of nitro groups is 2. The van der Waals surface area contributed by atoms with Gasteiger partial charge in [-0.25, -0.2) is 0 Å². The van der Waals surface area contributed by atoms with Gasteiger partial charge in [-0.15, -0.1) is 0 Å². The summed E-state index contributed by atoms with van der Waals surface area (Å²) < 4.78 is 0. The third-order valence-corrected chi connectivity index (χ3v) is 2.28. The fraction of sp³-hybridized carbons (Fsp3) is 0.333. The van der Waals surface area contributed by atoms with Crippen LogP contribution in [-0.4, -0.2) is 27.2 Å². The third-order valence-electron chi connectivity index (χ3n) is 2.28. The molecule has 0 saturated carbocycles. The van der Waals surface area contributed by atoms with Gasteiger partial charge in [0.2, 0.25) is 0 Å². The quantitative estimate of drug-likeness (QED) is 0.633. The van der Waals surface area contributed by atoms with Crippen LogP contribution in [0.25, 0.3) is 0 Å². The summed E-state index contributed by atoms with van der Waals surface area (Å²) in [5.41, 5.74) is -0.0346. The molecule has 0 aliphatic carbocycles. The molecular formula is C9H11N3O5. The molecule has 1 N–H and O–H groups in total. The zero-order valence-electron chi connectivity index (χ0n) is 9.28. The number of rotatable bonds is 4. The molecule has 0 spiro atoms. The lowest BCUT2D eigenvalue weighted by atomic mass is 10.1. The van der Waals surface area contributed by atoms with Crippen LogP contribution in [0.2, 0.25) is 0 Å². The molecule has 0 radical (unpaired) electrons. The van der Waals surface area contributed by atoms with Gasteiger partial charge in [0.05, 0.1) is 15.9 Å². The minimum Gasteiger partial charge on any atom is -0.314 e. The van der Waals surface area contributed by atoms with E-state index in [0.717, 1.165) is 11.1 Å². The standard InChI is InChI=1S/C9H11N3O5/c1-6-7(5-10(2)13)3-8(11(14)15)4-9(6)12(16)17/h3-4,13H,5H2,1-2H3. The van der Waals surface area contributed by atoms with Gasteiger partial charge in [0, 0.05) is 25.2 Å². The Hall–Kier alpha value is -2.06. The molecule has 0 aromatic heterocycles. The van der Waals surface area contributed by atoms with Crippen LogP contribution < -0.4 is 0 Å². The van der Waals surface area contributed by atoms with Crippen LogP contribution in [0.4, 0.5) is 11.4 Å². The van der Waals surface area contributed by atoms with Gasteiger partial charge in [0.1, 0.15) is 0 Å². The van der Waals surface area contributed by atoms with Crippen LogP contribution in [0.15, 0.2) is 12.1 Å². The van der Waals surface area contributed by atoms with E-state index >= 15 is 0 Å². The van der Waals surface area contributed by atoms with Gasteiger partial charge < -0.3 is 5.21 Å². The number of hydroxylamine groups is 2. The van der Waals surface area contributed by atoms with Gasteiger partial charge in [-0.3, -0.25) is 20.2 Å². The number of benzene rings is 1. The predicted molar refractivity (Wildman–Crippen MR) is 57.7 cm³/mol. The lowest BCUT2D eigenvalue weighted by Gasteiger charge is -2.10. The van der Waals surface area contributed by atoms with Crippen molar-refractivity contribution in [3.05, 3.63) is 43.5 Å². The fourth-order valence-electron chi connectivity index (χ4n) is 1.45. The maximum atomic E-state index is 10.7. The monoisotopic (exact) mass is 241 g/mol. The molecule has 0 fully saturated rings. The maximum absolute atomic E-state index is 10.7. The molecule has 0 aliphatic heterocycles. The molecule has 8 nitrogen and oxygen atoms in total. The van der Waals surface area contributed by atoms with E-state index in [0.29, 0.717) is 11.1 Å². The summed E-state index contributed by atoms with van der Waals surface area (Å²) in [6.07, 6.45) is 0. The number of hydrogen-bond donors (Lipinski definition) is 1. The Labute approximate surface area is 96.3 Å². The molecule has 0 atom stereocenters. The minimum atomic E-state index is -0.701. The van der Waals surface area contributed by atoms with Gasteiger partial charge in [0.15, 0.2) is 0 Å². The first-order chi connectivity index (χ1) is 7.82. The van der Waals surface area contributed by atoms with Crippen molar-refractivity contribution in [1.82, 2.24) is 5.06 Å². The van der Waals surface area contributed by atoms with Gasteiger partial charge in [0.25, 0.3) is 11.4 Å². The van der Waals surface area contributed by atoms with E-state index in [4.69, 9.17) is 5.21 Å². The zero-order chi connectivity index (χ0) is 13.2. The third kappa shape index (κ3) is 2.95. The van der Waals surface area contributed by atoms with Crippen LogP contribution in [0, 0.1) is 27.2 Å². The van der Waals surface area contributed by atoms with E-state index in [-0.39, 0.29) is 17.9 Å². The molecule has 0 amide bonds. The van der Waals surface area contributed by atoms with Crippen LogP contribution in [0.1, 0.15) is 11.1 Å². The summed E-state index contributed by atoms with van der Waals surface area (Å²) >= 11 is 0. The normalized spacial score (nSPS) is 10.6. The van der Waals surface area contributed by atoms with Crippen molar-refractivity contribution in [2.45, 2.75) is 13.5 Å². The molecular weight excluding hydrogens is 230 g/mol. The first-order valence-electron chi connectivity index (χ1n) is 4.65. The van der Waals surface area contributed by atoms with E-state index in [1.807, 2.05) is 0 Å².